The zero-order chi connectivity index (χ0) is 23.5. The fourth-order valence-electron chi connectivity index (χ4n) is 4.81. The number of nitrogens with two attached hydrogens (primary N) is 1. The van der Waals surface area contributed by atoms with Gasteiger partial charge in [-0.05, 0) is 51.7 Å². The van der Waals surface area contributed by atoms with Gasteiger partial charge in [-0.2, -0.15) is 4.68 Å². The van der Waals surface area contributed by atoms with Crippen molar-refractivity contribution in [1.29, 1.82) is 0 Å². The Balaban J connectivity index is 1.23. The average Bonchev–Trinajstić information content (AvgIpc) is 3.13. The van der Waals surface area contributed by atoms with Crippen LogP contribution >= 0.6 is 0 Å². The Hall–Kier alpha value is -3.14. The number of amides is 2. The Morgan fingerprint density at radius 1 is 1.18 bits per heavy atom. The third kappa shape index (κ3) is 5.11. The van der Waals surface area contributed by atoms with Crippen LogP contribution in [0.3, 0.4) is 0 Å². The molecule has 2 aliphatic rings. The fraction of sp³-hybridized carbons (Fsp3) is 0.565. The molecule has 4 N–H and O–H groups in total. The number of carbonyl (C=O) groups is 3. The van der Waals surface area contributed by atoms with Gasteiger partial charge in [-0.1, -0.05) is 11.6 Å². The van der Waals surface area contributed by atoms with E-state index in [1.54, 1.807) is 6.07 Å². The summed E-state index contributed by atoms with van der Waals surface area (Å²) >= 11 is 0. The molecular weight excluding hydrogens is 424 g/mol. The smallest absolute Gasteiger partial charge is 0.340 e. The van der Waals surface area contributed by atoms with Gasteiger partial charge >= 0.3 is 12.0 Å². The number of nitrogens with one attached hydrogen (secondary N) is 2. The molecule has 1 aliphatic carbocycles. The van der Waals surface area contributed by atoms with Crippen LogP contribution in [-0.4, -0.2) is 70.9 Å². The number of aromatic nitrogens is 2. The van der Waals surface area contributed by atoms with E-state index in [-0.39, 0.29) is 30.4 Å². The largest absolute Gasteiger partial charge is 0.466 e. The Bertz CT molecular complexity index is 1040. The summed E-state index contributed by atoms with van der Waals surface area (Å²) < 4.78 is 6.28. The Morgan fingerprint density at radius 3 is 2.58 bits per heavy atom. The zero-order valence-corrected chi connectivity index (χ0v) is 19.2. The number of hydrogen-bond acceptors (Lipinski definition) is 7. The molecule has 2 heterocycles. The van der Waals surface area contributed by atoms with Crippen LogP contribution in [0.4, 0.5) is 10.6 Å². The van der Waals surface area contributed by atoms with Gasteiger partial charge in [-0.25, -0.2) is 4.79 Å². The Kier molecular flexibility index (Phi) is 6.83. The molecule has 2 amide bonds. The number of primary amides is 1. The fourth-order valence-corrected chi connectivity index (χ4v) is 4.81. The third-order valence-corrected chi connectivity index (χ3v) is 6.57. The van der Waals surface area contributed by atoms with Crippen LogP contribution in [0.1, 0.15) is 38.2 Å². The van der Waals surface area contributed by atoms with Crippen molar-refractivity contribution in [2.24, 2.45) is 11.7 Å². The molecule has 10 heteroatoms. The normalized spacial score (nSPS) is 21.4. The van der Waals surface area contributed by atoms with Crippen LogP contribution in [-0.2, 0) is 14.3 Å². The van der Waals surface area contributed by atoms with Crippen molar-refractivity contribution in [2.75, 3.05) is 31.6 Å². The first-order chi connectivity index (χ1) is 15.9. The van der Waals surface area contributed by atoms with E-state index in [4.69, 9.17) is 10.5 Å². The molecule has 0 atom stereocenters. The maximum Gasteiger partial charge on any atom is 0.340 e. The summed E-state index contributed by atoms with van der Waals surface area (Å²) in [7, 11) is 0. The summed E-state index contributed by atoms with van der Waals surface area (Å²) in [5.74, 6) is 0.291. The molecule has 0 bridgehead atoms. The van der Waals surface area contributed by atoms with E-state index in [0.717, 1.165) is 54.4 Å². The predicted octanol–water partition coefficient (Wildman–Crippen LogP) is 1.61. The molecule has 1 saturated carbocycles. The lowest BCUT2D eigenvalue weighted by molar-refractivity contribution is -0.149. The maximum atomic E-state index is 12.5. The minimum Gasteiger partial charge on any atom is -0.466 e. The van der Waals surface area contributed by atoms with Gasteiger partial charge in [0.25, 0.3) is 0 Å². The van der Waals surface area contributed by atoms with E-state index in [9.17, 15) is 14.4 Å². The van der Waals surface area contributed by atoms with E-state index in [1.807, 2.05) is 26.0 Å². The highest BCUT2D eigenvalue weighted by atomic mass is 16.5. The molecule has 33 heavy (non-hydrogen) atoms. The highest BCUT2D eigenvalue weighted by Crippen LogP contribution is 2.31. The van der Waals surface area contributed by atoms with E-state index in [1.165, 1.54) is 0 Å². The number of likely N-dealkylation sites (tertiary alicyclic amines) is 1. The first-order valence-corrected chi connectivity index (χ1v) is 11.6. The second-order valence-electron chi connectivity index (χ2n) is 8.95. The Morgan fingerprint density at radius 2 is 1.91 bits per heavy atom. The number of ether oxygens (including phenoxy) is 1. The number of esters is 1. The van der Waals surface area contributed by atoms with Crippen molar-refractivity contribution in [3.63, 3.8) is 0 Å². The molecule has 0 unspecified atom stereocenters. The quantitative estimate of drug-likeness (QED) is 0.539. The molecule has 10 nitrogen and oxygen atoms in total. The zero-order valence-electron chi connectivity index (χ0n) is 19.2. The van der Waals surface area contributed by atoms with E-state index >= 15 is 0 Å². The second-order valence-corrected chi connectivity index (χ2v) is 8.95. The van der Waals surface area contributed by atoms with Crippen molar-refractivity contribution in [1.82, 2.24) is 20.0 Å². The van der Waals surface area contributed by atoms with E-state index in [0.29, 0.717) is 24.0 Å². The average molecular weight is 457 g/mol. The van der Waals surface area contributed by atoms with Gasteiger partial charge in [0, 0.05) is 24.5 Å². The lowest BCUT2D eigenvalue weighted by atomic mass is 9.84. The van der Waals surface area contributed by atoms with E-state index < -0.39 is 6.03 Å². The van der Waals surface area contributed by atoms with Gasteiger partial charge in [0.15, 0.2) is 5.82 Å². The number of fused-ring (bicyclic) bond motifs is 1. The van der Waals surface area contributed by atoms with Gasteiger partial charge in [0.1, 0.15) is 0 Å². The molecule has 2 aromatic rings. The lowest BCUT2D eigenvalue weighted by Crippen LogP contribution is -2.63. The summed E-state index contributed by atoms with van der Waals surface area (Å²) in [5.41, 5.74) is 7.03. The lowest BCUT2D eigenvalue weighted by Gasteiger charge is -2.46. The predicted molar refractivity (Wildman–Crippen MR) is 124 cm³/mol. The SMILES string of the molecule is CCOC(=O)[C@H]1CC[C@@H](N2CC(NC(=O)CNc3nn(C(N)=O)c4ccc(C)cc34)C2)CC1. The number of carbonyl (C=O) groups excluding carboxylic acids is 3. The van der Waals surface area contributed by atoms with Gasteiger partial charge in [0.2, 0.25) is 5.91 Å². The summed E-state index contributed by atoms with van der Waals surface area (Å²) in [5, 5.41) is 11.1. The molecule has 178 valence electrons. The van der Waals surface area contributed by atoms with Gasteiger partial charge in [-0.3, -0.25) is 14.5 Å². The number of benzene rings is 1. The number of anilines is 1. The van der Waals surface area contributed by atoms with E-state index in [2.05, 4.69) is 20.6 Å². The minimum absolute atomic E-state index is 0.0296. The van der Waals surface area contributed by atoms with Crippen molar-refractivity contribution >= 4 is 34.6 Å². The first-order valence-electron chi connectivity index (χ1n) is 11.6. The van der Waals surface area contributed by atoms with Crippen molar-refractivity contribution in [3.05, 3.63) is 23.8 Å². The molecule has 1 saturated heterocycles. The Labute approximate surface area is 192 Å². The molecule has 1 aromatic heterocycles. The first kappa shape index (κ1) is 23.0. The molecule has 4 rings (SSSR count). The molecule has 1 aliphatic heterocycles. The summed E-state index contributed by atoms with van der Waals surface area (Å²) in [6.07, 6.45) is 3.71. The van der Waals surface area contributed by atoms with Gasteiger partial charge in [-0.15, -0.1) is 5.10 Å². The van der Waals surface area contributed by atoms with Gasteiger partial charge < -0.3 is 21.1 Å². The number of rotatable bonds is 7. The van der Waals surface area contributed by atoms with Crippen molar-refractivity contribution in [3.8, 4) is 0 Å². The van der Waals surface area contributed by atoms with Crippen LogP contribution in [0.5, 0.6) is 0 Å². The molecule has 0 spiro atoms. The summed E-state index contributed by atoms with van der Waals surface area (Å²) in [4.78, 5) is 38.4. The van der Waals surface area contributed by atoms with Crippen LogP contribution in [0.15, 0.2) is 18.2 Å². The number of nitrogens with zero attached hydrogens (tertiary/aromatic N) is 3. The number of hydrogen-bond donors (Lipinski definition) is 3. The van der Waals surface area contributed by atoms with Crippen LogP contribution in [0, 0.1) is 12.8 Å². The standard InChI is InChI=1S/C23H32N6O4/c1-3-33-22(31)15-5-7-17(8-6-15)28-12-16(13-28)26-20(30)11-25-21-18-10-14(2)4-9-19(18)29(27-21)23(24)32/h4,9-10,15-17H,3,5-8,11-13H2,1-2H3,(H2,24,32)(H,25,27)(H,26,30)/t15-,17+. The molecular formula is C23H32N6O4. The van der Waals surface area contributed by atoms with Crippen LogP contribution in [0.2, 0.25) is 0 Å². The summed E-state index contributed by atoms with van der Waals surface area (Å²) in [6, 6.07) is 5.48. The van der Waals surface area contributed by atoms with Crippen molar-refractivity contribution < 1.29 is 19.1 Å². The topological polar surface area (TPSA) is 132 Å². The molecule has 1 aromatic carbocycles. The summed E-state index contributed by atoms with van der Waals surface area (Å²) in [6.45, 7) is 5.91. The number of aryl methyl sites for hydroxylation is 1. The second kappa shape index (κ2) is 9.78. The maximum absolute atomic E-state index is 12.5. The highest BCUT2D eigenvalue weighted by molar-refractivity contribution is 5.97. The van der Waals surface area contributed by atoms with Crippen LogP contribution < -0.4 is 16.4 Å². The molecule has 0 radical (unpaired) electrons. The highest BCUT2D eigenvalue weighted by Gasteiger charge is 2.36. The molecule has 2 fully saturated rings. The third-order valence-electron chi connectivity index (χ3n) is 6.57. The monoisotopic (exact) mass is 456 g/mol. The minimum atomic E-state index is -0.674. The van der Waals surface area contributed by atoms with Crippen molar-refractivity contribution in [2.45, 2.75) is 51.6 Å². The van der Waals surface area contributed by atoms with Crippen LogP contribution in [0.25, 0.3) is 10.9 Å². The van der Waals surface area contributed by atoms with Gasteiger partial charge in [0.05, 0.1) is 30.6 Å².